The maximum absolute atomic E-state index is 12.6. The number of carbonyl (C=O) groups excluding carboxylic acids is 2. The molecule has 0 bridgehead atoms. The fourth-order valence-electron chi connectivity index (χ4n) is 3.15. The first kappa shape index (κ1) is 13.2. The maximum atomic E-state index is 12.6. The Hall–Kier alpha value is -1.84. The van der Waals surface area contributed by atoms with Gasteiger partial charge < -0.3 is 9.80 Å². The average molecular weight is 272 g/mol. The number of amides is 2. The summed E-state index contributed by atoms with van der Waals surface area (Å²) in [7, 11) is 0. The van der Waals surface area contributed by atoms with Crippen LogP contribution in [0.4, 0.5) is 0 Å². The Bertz CT molecular complexity index is 538. The zero-order chi connectivity index (χ0) is 14.3. The molecular weight excluding hydrogens is 252 g/mol. The zero-order valence-corrected chi connectivity index (χ0v) is 12.0. The molecule has 0 N–H and O–H groups in total. The van der Waals surface area contributed by atoms with Crippen molar-refractivity contribution in [2.24, 2.45) is 0 Å². The number of hydrogen-bond donors (Lipinski definition) is 0. The molecular formula is C16H20N2O2. The van der Waals surface area contributed by atoms with Crippen LogP contribution in [0.5, 0.6) is 0 Å². The van der Waals surface area contributed by atoms with Crippen molar-refractivity contribution in [3.8, 4) is 0 Å². The van der Waals surface area contributed by atoms with Gasteiger partial charge in [-0.2, -0.15) is 0 Å². The number of piperazine rings is 1. The maximum Gasteiger partial charge on any atom is 0.246 e. The van der Waals surface area contributed by atoms with Gasteiger partial charge in [0.25, 0.3) is 0 Å². The highest BCUT2D eigenvalue weighted by atomic mass is 16.2. The lowest BCUT2D eigenvalue weighted by atomic mass is 10.0. The molecule has 2 saturated heterocycles. The van der Waals surface area contributed by atoms with Crippen LogP contribution in [0.1, 0.15) is 30.9 Å². The highest BCUT2D eigenvalue weighted by Gasteiger charge is 2.45. The molecule has 2 aliphatic rings. The normalized spacial score (nSPS) is 26.1. The summed E-state index contributed by atoms with van der Waals surface area (Å²) >= 11 is 0. The smallest absolute Gasteiger partial charge is 0.246 e. The third-order valence-corrected chi connectivity index (χ3v) is 4.40. The van der Waals surface area contributed by atoms with Gasteiger partial charge in [0.2, 0.25) is 11.8 Å². The largest absolute Gasteiger partial charge is 0.329 e. The van der Waals surface area contributed by atoms with E-state index < -0.39 is 0 Å². The van der Waals surface area contributed by atoms with Crippen LogP contribution >= 0.6 is 0 Å². The monoisotopic (exact) mass is 272 g/mol. The number of rotatable bonds is 2. The predicted molar refractivity (Wildman–Crippen MR) is 75.9 cm³/mol. The van der Waals surface area contributed by atoms with Crippen molar-refractivity contribution in [1.29, 1.82) is 0 Å². The summed E-state index contributed by atoms with van der Waals surface area (Å²) in [4.78, 5) is 28.4. The second kappa shape index (κ2) is 4.93. The molecule has 4 nitrogen and oxygen atoms in total. The molecule has 2 aliphatic heterocycles. The van der Waals surface area contributed by atoms with Crippen LogP contribution < -0.4 is 0 Å². The Kier molecular flexibility index (Phi) is 3.24. The molecule has 2 amide bonds. The first-order chi connectivity index (χ1) is 9.58. The average Bonchev–Trinajstić information content (AvgIpc) is 2.93. The van der Waals surface area contributed by atoms with Gasteiger partial charge in [0.15, 0.2) is 0 Å². The molecule has 0 aromatic heterocycles. The third-order valence-electron chi connectivity index (χ3n) is 4.40. The van der Waals surface area contributed by atoms with Crippen molar-refractivity contribution >= 4 is 11.8 Å². The van der Waals surface area contributed by atoms with Crippen LogP contribution in [0, 0.1) is 6.92 Å². The van der Waals surface area contributed by atoms with Crippen LogP contribution in [0.3, 0.4) is 0 Å². The highest BCUT2D eigenvalue weighted by Crippen LogP contribution is 2.27. The summed E-state index contributed by atoms with van der Waals surface area (Å²) in [6.07, 6.45) is 1.74. The summed E-state index contributed by atoms with van der Waals surface area (Å²) in [5.41, 5.74) is 2.28. The molecule has 2 heterocycles. The van der Waals surface area contributed by atoms with E-state index in [1.807, 2.05) is 38.1 Å². The minimum absolute atomic E-state index is 0.0965. The van der Waals surface area contributed by atoms with Gasteiger partial charge in [0.05, 0.1) is 0 Å². The predicted octanol–water partition coefficient (Wildman–Crippen LogP) is 1.72. The first-order valence-electron chi connectivity index (χ1n) is 7.24. The summed E-state index contributed by atoms with van der Waals surface area (Å²) < 4.78 is 0. The number of fused-ring (bicyclic) bond motifs is 1. The number of benzene rings is 1. The summed E-state index contributed by atoms with van der Waals surface area (Å²) in [5.74, 6) is 0.203. The molecule has 0 radical (unpaired) electrons. The zero-order valence-electron chi connectivity index (χ0n) is 12.0. The number of carbonyl (C=O) groups is 2. The molecule has 0 spiro atoms. The molecule has 2 fully saturated rings. The van der Waals surface area contributed by atoms with E-state index >= 15 is 0 Å². The lowest BCUT2D eigenvalue weighted by molar-refractivity contribution is -0.159. The van der Waals surface area contributed by atoms with E-state index in [-0.39, 0.29) is 23.9 Å². The molecule has 1 aromatic carbocycles. The van der Waals surface area contributed by atoms with E-state index in [0.29, 0.717) is 6.54 Å². The van der Waals surface area contributed by atoms with E-state index in [2.05, 4.69) is 0 Å². The van der Waals surface area contributed by atoms with Crippen molar-refractivity contribution in [2.45, 2.75) is 45.3 Å². The first-order valence-corrected chi connectivity index (χ1v) is 7.24. The van der Waals surface area contributed by atoms with E-state index in [4.69, 9.17) is 0 Å². The Morgan fingerprint density at radius 3 is 2.55 bits per heavy atom. The summed E-state index contributed by atoms with van der Waals surface area (Å²) in [6.45, 7) is 5.13. The molecule has 0 saturated carbocycles. The van der Waals surface area contributed by atoms with Gasteiger partial charge in [-0.3, -0.25) is 9.59 Å². The van der Waals surface area contributed by atoms with Crippen molar-refractivity contribution in [3.63, 3.8) is 0 Å². The van der Waals surface area contributed by atoms with Crippen LogP contribution in [-0.4, -0.2) is 40.2 Å². The van der Waals surface area contributed by atoms with Gasteiger partial charge in [-0.25, -0.2) is 0 Å². The second-order valence-electron chi connectivity index (χ2n) is 5.82. The van der Waals surface area contributed by atoms with Gasteiger partial charge in [-0.05, 0) is 32.3 Å². The summed E-state index contributed by atoms with van der Waals surface area (Å²) in [5, 5.41) is 0. The van der Waals surface area contributed by atoms with Crippen LogP contribution in [0.2, 0.25) is 0 Å². The lowest BCUT2D eigenvalue weighted by Gasteiger charge is -2.41. The van der Waals surface area contributed by atoms with Crippen molar-refractivity contribution in [1.82, 2.24) is 9.80 Å². The van der Waals surface area contributed by atoms with Crippen molar-refractivity contribution in [2.75, 3.05) is 6.54 Å². The molecule has 4 heteroatoms. The Labute approximate surface area is 119 Å². The number of hydrogen-bond acceptors (Lipinski definition) is 2. The molecule has 2 unspecified atom stereocenters. The topological polar surface area (TPSA) is 40.6 Å². The van der Waals surface area contributed by atoms with E-state index in [0.717, 1.165) is 24.9 Å². The SMILES string of the molecule is Cc1ccc(CN2C(=O)C3CCCN3C(=O)C2C)cc1. The molecule has 0 aliphatic carbocycles. The lowest BCUT2D eigenvalue weighted by Crippen LogP contribution is -2.61. The number of aryl methyl sites for hydroxylation is 1. The van der Waals surface area contributed by atoms with Crippen LogP contribution in [-0.2, 0) is 16.1 Å². The fourth-order valence-corrected chi connectivity index (χ4v) is 3.15. The highest BCUT2D eigenvalue weighted by molar-refractivity contribution is 5.97. The Morgan fingerprint density at radius 1 is 1.15 bits per heavy atom. The molecule has 2 atom stereocenters. The van der Waals surface area contributed by atoms with Gasteiger partial charge in [0, 0.05) is 13.1 Å². The third kappa shape index (κ3) is 2.09. The standard InChI is InChI=1S/C16H20N2O2/c1-11-5-7-13(8-6-11)10-18-12(2)15(19)17-9-3-4-14(17)16(18)20/h5-8,12,14H,3-4,9-10H2,1-2H3. The van der Waals surface area contributed by atoms with Gasteiger partial charge >= 0.3 is 0 Å². The van der Waals surface area contributed by atoms with Crippen LogP contribution in [0.15, 0.2) is 24.3 Å². The van der Waals surface area contributed by atoms with Gasteiger partial charge in [0.1, 0.15) is 12.1 Å². The fraction of sp³-hybridized carbons (Fsp3) is 0.500. The Balaban J connectivity index is 1.82. The number of nitrogens with zero attached hydrogens (tertiary/aromatic N) is 2. The molecule has 20 heavy (non-hydrogen) atoms. The molecule has 106 valence electrons. The minimum Gasteiger partial charge on any atom is -0.329 e. The van der Waals surface area contributed by atoms with Gasteiger partial charge in [-0.1, -0.05) is 29.8 Å². The Morgan fingerprint density at radius 2 is 1.85 bits per heavy atom. The quantitative estimate of drug-likeness (QED) is 0.822. The summed E-state index contributed by atoms with van der Waals surface area (Å²) in [6, 6.07) is 7.57. The van der Waals surface area contributed by atoms with Crippen molar-refractivity contribution in [3.05, 3.63) is 35.4 Å². The van der Waals surface area contributed by atoms with Gasteiger partial charge in [-0.15, -0.1) is 0 Å². The molecule has 3 rings (SSSR count). The van der Waals surface area contributed by atoms with E-state index in [9.17, 15) is 9.59 Å². The van der Waals surface area contributed by atoms with E-state index in [1.165, 1.54) is 5.56 Å². The second-order valence-corrected chi connectivity index (χ2v) is 5.82. The van der Waals surface area contributed by atoms with Crippen LogP contribution in [0.25, 0.3) is 0 Å². The van der Waals surface area contributed by atoms with E-state index in [1.54, 1.807) is 9.80 Å². The molecule has 1 aromatic rings. The van der Waals surface area contributed by atoms with Crippen molar-refractivity contribution < 1.29 is 9.59 Å². The minimum atomic E-state index is -0.349.